The summed E-state index contributed by atoms with van der Waals surface area (Å²) in [7, 11) is 0. The van der Waals surface area contributed by atoms with Gasteiger partial charge in [-0.25, -0.2) is 14.4 Å². The van der Waals surface area contributed by atoms with Crippen molar-refractivity contribution in [3.63, 3.8) is 0 Å². The number of nitrogens with zero attached hydrogens (tertiary/aromatic N) is 5. The number of nitrogens with one attached hydrogen (secondary N) is 2. The zero-order valence-electron chi connectivity index (χ0n) is 19.3. The van der Waals surface area contributed by atoms with Crippen molar-refractivity contribution in [3.05, 3.63) is 77.9 Å². The van der Waals surface area contributed by atoms with Gasteiger partial charge >= 0.3 is 6.18 Å². The zero-order valence-corrected chi connectivity index (χ0v) is 19.3. The van der Waals surface area contributed by atoms with E-state index in [4.69, 9.17) is 0 Å². The molecule has 1 amide bonds. The van der Waals surface area contributed by atoms with E-state index in [1.165, 1.54) is 31.5 Å². The van der Waals surface area contributed by atoms with Gasteiger partial charge in [0.2, 0.25) is 11.9 Å². The number of halogens is 4. The molecule has 0 saturated carbocycles. The number of amides is 1. The van der Waals surface area contributed by atoms with Crippen LogP contribution in [0.15, 0.2) is 55.2 Å². The van der Waals surface area contributed by atoms with Crippen LogP contribution in [-0.2, 0) is 23.9 Å². The van der Waals surface area contributed by atoms with Crippen molar-refractivity contribution >= 4 is 23.2 Å². The van der Waals surface area contributed by atoms with Gasteiger partial charge < -0.3 is 10.6 Å². The van der Waals surface area contributed by atoms with Crippen LogP contribution in [0.3, 0.4) is 0 Å². The molecule has 0 atom stereocenters. The highest BCUT2D eigenvalue weighted by atomic mass is 19.4. The van der Waals surface area contributed by atoms with Crippen LogP contribution in [-0.4, -0.2) is 30.6 Å². The third kappa shape index (κ3) is 5.82. The van der Waals surface area contributed by atoms with Crippen molar-refractivity contribution in [2.75, 3.05) is 10.6 Å². The van der Waals surface area contributed by atoms with Gasteiger partial charge in [0.25, 0.3) is 0 Å². The normalized spacial score (nSPS) is 11.4. The number of benzene rings is 1. The van der Waals surface area contributed by atoms with E-state index in [1.807, 2.05) is 13.1 Å². The minimum atomic E-state index is -4.60. The first-order valence-electron chi connectivity index (χ1n) is 10.9. The average molecular weight is 499 g/mol. The minimum Gasteiger partial charge on any atom is -0.324 e. The Hall–Kier alpha value is -4.35. The molecule has 4 rings (SSSR count). The monoisotopic (exact) mass is 499 g/mol. The first-order chi connectivity index (χ1) is 17.1. The van der Waals surface area contributed by atoms with Crippen LogP contribution < -0.4 is 10.6 Å². The van der Waals surface area contributed by atoms with Gasteiger partial charge in [0, 0.05) is 36.4 Å². The molecule has 0 aliphatic heterocycles. The Bertz CT molecular complexity index is 1380. The molecular formula is C24H21F4N7O. The zero-order chi connectivity index (χ0) is 25.9. The van der Waals surface area contributed by atoms with Gasteiger partial charge in [-0.3, -0.25) is 14.5 Å². The van der Waals surface area contributed by atoms with Crippen molar-refractivity contribution in [2.45, 2.75) is 33.0 Å². The van der Waals surface area contributed by atoms with Crippen molar-refractivity contribution < 1.29 is 22.4 Å². The lowest BCUT2D eigenvalue weighted by atomic mass is 10.0. The summed E-state index contributed by atoms with van der Waals surface area (Å²) < 4.78 is 55.6. The van der Waals surface area contributed by atoms with Gasteiger partial charge in [0.15, 0.2) is 0 Å². The maximum absolute atomic E-state index is 14.7. The second kappa shape index (κ2) is 10.1. The molecule has 0 unspecified atom stereocenters. The molecule has 0 radical (unpaired) electrons. The topological polar surface area (TPSA) is 97.6 Å². The summed E-state index contributed by atoms with van der Waals surface area (Å²) in [5.74, 6) is -0.970. The summed E-state index contributed by atoms with van der Waals surface area (Å²) in [5.41, 5.74) is 0.596. The number of alkyl halides is 3. The highest BCUT2D eigenvalue weighted by Gasteiger charge is 2.33. The smallest absolute Gasteiger partial charge is 0.324 e. The average Bonchev–Trinajstić information content (AvgIpc) is 3.29. The molecule has 4 aromatic rings. The van der Waals surface area contributed by atoms with Crippen molar-refractivity contribution in [2.24, 2.45) is 0 Å². The number of carbonyl (C=O) groups is 1. The fourth-order valence-electron chi connectivity index (χ4n) is 3.41. The Morgan fingerprint density at radius 3 is 2.39 bits per heavy atom. The van der Waals surface area contributed by atoms with Crippen LogP contribution in [0.1, 0.15) is 23.7 Å². The van der Waals surface area contributed by atoms with Crippen LogP contribution in [0, 0.1) is 12.7 Å². The van der Waals surface area contributed by atoms with E-state index in [9.17, 15) is 22.4 Å². The summed E-state index contributed by atoms with van der Waals surface area (Å²) in [6.45, 7) is 3.92. The quantitative estimate of drug-likeness (QED) is 0.342. The molecule has 0 aliphatic carbocycles. The Morgan fingerprint density at radius 2 is 1.75 bits per heavy atom. The lowest BCUT2D eigenvalue weighted by Gasteiger charge is -2.12. The van der Waals surface area contributed by atoms with Gasteiger partial charge in [-0.1, -0.05) is 12.1 Å². The third-order valence-electron chi connectivity index (χ3n) is 5.28. The highest BCUT2D eigenvalue weighted by Crippen LogP contribution is 2.32. The maximum Gasteiger partial charge on any atom is 0.418 e. The summed E-state index contributed by atoms with van der Waals surface area (Å²) in [4.78, 5) is 24.5. The van der Waals surface area contributed by atoms with Gasteiger partial charge in [0.1, 0.15) is 5.82 Å². The molecule has 0 bridgehead atoms. The molecular weight excluding hydrogens is 478 g/mol. The summed E-state index contributed by atoms with van der Waals surface area (Å²) in [5, 5.41) is 9.51. The second-order valence-corrected chi connectivity index (χ2v) is 7.89. The second-order valence-electron chi connectivity index (χ2n) is 7.89. The van der Waals surface area contributed by atoms with Crippen LogP contribution in [0.4, 0.5) is 34.9 Å². The summed E-state index contributed by atoms with van der Waals surface area (Å²) >= 11 is 0. The lowest BCUT2D eigenvalue weighted by molar-refractivity contribution is -0.138. The lowest BCUT2D eigenvalue weighted by Crippen LogP contribution is -2.17. The van der Waals surface area contributed by atoms with E-state index in [0.29, 0.717) is 17.1 Å². The van der Waals surface area contributed by atoms with Crippen molar-refractivity contribution in [3.8, 4) is 11.1 Å². The predicted molar refractivity (Wildman–Crippen MR) is 125 cm³/mol. The Morgan fingerprint density at radius 1 is 1.00 bits per heavy atom. The Balaban J connectivity index is 1.41. The molecule has 0 saturated heterocycles. The minimum absolute atomic E-state index is 0.0829. The molecule has 0 aliphatic rings. The van der Waals surface area contributed by atoms with E-state index in [1.54, 1.807) is 16.9 Å². The molecule has 0 spiro atoms. The number of carbonyl (C=O) groups excluding carboxylic acids is 1. The van der Waals surface area contributed by atoms with E-state index >= 15 is 0 Å². The molecule has 36 heavy (non-hydrogen) atoms. The molecule has 8 nitrogen and oxygen atoms in total. The fourth-order valence-corrected chi connectivity index (χ4v) is 3.41. The van der Waals surface area contributed by atoms with Crippen LogP contribution in [0.5, 0.6) is 0 Å². The number of aromatic nitrogens is 5. The van der Waals surface area contributed by atoms with Crippen molar-refractivity contribution in [1.82, 2.24) is 24.7 Å². The first kappa shape index (κ1) is 24.8. The van der Waals surface area contributed by atoms with Crippen molar-refractivity contribution in [1.29, 1.82) is 0 Å². The molecule has 186 valence electrons. The molecule has 3 heterocycles. The molecule has 1 aromatic carbocycles. The van der Waals surface area contributed by atoms with Gasteiger partial charge in [-0.2, -0.15) is 18.3 Å². The van der Waals surface area contributed by atoms with Crippen LogP contribution in [0.2, 0.25) is 0 Å². The van der Waals surface area contributed by atoms with Crippen LogP contribution >= 0.6 is 0 Å². The number of anilines is 3. The van der Waals surface area contributed by atoms with Gasteiger partial charge in [0.05, 0.1) is 35.8 Å². The number of hydrogen-bond acceptors (Lipinski definition) is 6. The number of hydrogen-bond donors (Lipinski definition) is 2. The standard InChI is InChI=1S/C24H21F4N7O/c1-3-35-13-19(12-32-35)34-23-30-9-17(10-31-23)15-4-5-16(21(25)6-15)7-22(36)33-18-8-20(24(26,27)28)14(2)29-11-18/h4-6,8-13H,3,7H2,1-2H3,(H,33,36)(H,30,31,34). The van der Waals surface area contributed by atoms with E-state index in [-0.39, 0.29) is 23.4 Å². The van der Waals surface area contributed by atoms with E-state index in [2.05, 4.69) is 30.7 Å². The summed E-state index contributed by atoms with van der Waals surface area (Å²) in [6, 6.07) is 5.09. The predicted octanol–water partition coefficient (Wildman–Crippen LogP) is 5.15. The van der Waals surface area contributed by atoms with Crippen LogP contribution in [0.25, 0.3) is 11.1 Å². The number of rotatable bonds is 7. The fraction of sp³-hybridized carbons (Fsp3) is 0.208. The largest absolute Gasteiger partial charge is 0.418 e. The summed E-state index contributed by atoms with van der Waals surface area (Å²) in [6.07, 6.45) is 2.67. The number of pyridine rings is 1. The number of aryl methyl sites for hydroxylation is 2. The molecule has 3 aromatic heterocycles. The van der Waals surface area contributed by atoms with E-state index in [0.717, 1.165) is 24.5 Å². The van der Waals surface area contributed by atoms with Gasteiger partial charge in [-0.05, 0) is 37.1 Å². The highest BCUT2D eigenvalue weighted by molar-refractivity contribution is 5.92. The molecule has 0 fully saturated rings. The third-order valence-corrected chi connectivity index (χ3v) is 5.28. The van der Waals surface area contributed by atoms with E-state index < -0.39 is 23.5 Å². The van der Waals surface area contributed by atoms with Gasteiger partial charge in [-0.15, -0.1) is 0 Å². The molecule has 12 heteroatoms. The Kier molecular flexibility index (Phi) is 6.95. The Labute approximate surface area is 203 Å². The first-order valence-corrected chi connectivity index (χ1v) is 10.9. The molecule has 2 N–H and O–H groups in total. The maximum atomic E-state index is 14.7. The SMILES string of the molecule is CCn1cc(Nc2ncc(-c3ccc(CC(=O)Nc4cnc(C)c(C(F)(F)F)c4)c(F)c3)cn2)cn1.